The van der Waals surface area contributed by atoms with Crippen LogP contribution in [0.15, 0.2) is 36.7 Å². The molecule has 2 heterocycles. The minimum Gasteiger partial charge on any atom is -0.484 e. The Morgan fingerprint density at radius 3 is 2.75 bits per heavy atom. The van der Waals surface area contributed by atoms with Crippen LogP contribution in [0.3, 0.4) is 0 Å². The number of hydrogen-bond acceptors (Lipinski definition) is 5. The highest BCUT2D eigenvalue weighted by molar-refractivity contribution is 6.30. The Morgan fingerprint density at radius 1 is 1.34 bits per heavy atom. The van der Waals surface area contributed by atoms with Gasteiger partial charge in [0.1, 0.15) is 5.75 Å². The molecule has 172 valence electrons. The van der Waals surface area contributed by atoms with E-state index in [4.69, 9.17) is 26.2 Å². The van der Waals surface area contributed by atoms with Crippen LogP contribution in [0, 0.1) is 5.41 Å². The van der Waals surface area contributed by atoms with Gasteiger partial charge in [0.2, 0.25) is 0 Å². The molecule has 9 nitrogen and oxygen atoms in total. The van der Waals surface area contributed by atoms with Crippen LogP contribution in [-0.2, 0) is 9.59 Å². The van der Waals surface area contributed by atoms with Gasteiger partial charge in [-0.25, -0.2) is 4.98 Å². The van der Waals surface area contributed by atoms with Gasteiger partial charge in [-0.3, -0.25) is 14.4 Å². The van der Waals surface area contributed by atoms with E-state index in [0.717, 1.165) is 32.1 Å². The molecule has 2 aromatic rings. The maximum Gasteiger partial charge on any atom is 0.290 e. The van der Waals surface area contributed by atoms with Crippen LogP contribution in [-0.4, -0.2) is 64.0 Å². The van der Waals surface area contributed by atoms with Crippen molar-refractivity contribution in [2.75, 3.05) is 19.7 Å². The molecular weight excluding hydrogens is 436 g/mol. The lowest BCUT2D eigenvalue weighted by Crippen LogP contribution is -2.52. The summed E-state index contributed by atoms with van der Waals surface area (Å²) in [5.41, 5.74) is 0.0623. The molecule has 10 heteroatoms. The number of halogens is 1. The van der Waals surface area contributed by atoms with Crippen molar-refractivity contribution in [2.24, 2.45) is 5.41 Å². The Bertz CT molecular complexity index is 913. The zero-order valence-electron chi connectivity index (χ0n) is 17.6. The maximum absolute atomic E-state index is 12.6. The second-order valence-corrected chi connectivity index (χ2v) is 8.39. The minimum atomic E-state index is -0.250. The predicted octanol–water partition coefficient (Wildman–Crippen LogP) is 2.73. The van der Waals surface area contributed by atoms with Gasteiger partial charge in [0.05, 0.1) is 0 Å². The van der Waals surface area contributed by atoms with Crippen molar-refractivity contribution in [3.63, 3.8) is 0 Å². The number of piperidine rings is 1. The van der Waals surface area contributed by atoms with Crippen molar-refractivity contribution in [3.05, 3.63) is 47.5 Å². The molecule has 4 rings (SSSR count). The van der Waals surface area contributed by atoms with Gasteiger partial charge < -0.3 is 25.0 Å². The molecule has 2 aliphatic rings. The van der Waals surface area contributed by atoms with Crippen molar-refractivity contribution >= 4 is 29.9 Å². The molecule has 1 saturated carbocycles. The third-order valence-corrected chi connectivity index (χ3v) is 6.43. The van der Waals surface area contributed by atoms with Crippen molar-refractivity contribution in [1.29, 1.82) is 0 Å². The number of amides is 2. The topological polar surface area (TPSA) is 125 Å². The second kappa shape index (κ2) is 11.0. The van der Waals surface area contributed by atoms with Crippen LogP contribution in [0.4, 0.5) is 0 Å². The largest absolute Gasteiger partial charge is 0.484 e. The van der Waals surface area contributed by atoms with Crippen LogP contribution < -0.4 is 10.1 Å². The standard InChI is InChI=1S/C21H25ClN4O3.CH2O2/c22-15-3-1-4-16(13-15)29-14-18(27)26-11-7-21(8-12-26)6-2-5-17(21)25-20(28)19-23-9-10-24-19;2-1-3/h1,3-4,9-10,13,17H,2,5-8,11-12,14H2,(H,23,24)(H,25,28);1H,(H,2,3). The highest BCUT2D eigenvalue weighted by Gasteiger charge is 2.46. The molecule has 1 aromatic heterocycles. The molecule has 1 saturated heterocycles. The zero-order valence-corrected chi connectivity index (χ0v) is 18.4. The molecule has 0 radical (unpaired) electrons. The number of likely N-dealkylation sites (tertiary alicyclic amines) is 1. The van der Waals surface area contributed by atoms with Gasteiger partial charge in [-0.15, -0.1) is 0 Å². The molecule has 0 bridgehead atoms. The molecule has 1 aliphatic heterocycles. The van der Waals surface area contributed by atoms with E-state index >= 15 is 0 Å². The number of nitrogens with zero attached hydrogens (tertiary/aromatic N) is 2. The van der Waals surface area contributed by atoms with E-state index in [1.54, 1.807) is 36.7 Å². The number of nitrogens with one attached hydrogen (secondary N) is 2. The molecule has 3 N–H and O–H groups in total. The summed E-state index contributed by atoms with van der Waals surface area (Å²) in [5, 5.41) is 10.6. The number of benzene rings is 1. The lowest BCUT2D eigenvalue weighted by atomic mass is 9.74. The number of imidazole rings is 1. The number of carbonyl (C=O) groups is 3. The monoisotopic (exact) mass is 462 g/mol. The van der Waals surface area contributed by atoms with E-state index in [0.29, 0.717) is 29.7 Å². The summed E-state index contributed by atoms with van der Waals surface area (Å²) in [6.07, 6.45) is 8.14. The summed E-state index contributed by atoms with van der Waals surface area (Å²) in [5.74, 6) is 0.761. The van der Waals surface area contributed by atoms with Gasteiger partial charge in [-0.1, -0.05) is 24.1 Å². The van der Waals surface area contributed by atoms with Gasteiger partial charge in [0.25, 0.3) is 18.3 Å². The van der Waals surface area contributed by atoms with Crippen molar-refractivity contribution in [1.82, 2.24) is 20.2 Å². The summed E-state index contributed by atoms with van der Waals surface area (Å²) < 4.78 is 5.59. The number of hydrogen-bond donors (Lipinski definition) is 3. The van der Waals surface area contributed by atoms with E-state index in [9.17, 15) is 9.59 Å². The van der Waals surface area contributed by atoms with Gasteiger partial charge >= 0.3 is 0 Å². The van der Waals surface area contributed by atoms with Crippen LogP contribution in [0.25, 0.3) is 0 Å². The average Bonchev–Trinajstić information content (AvgIpc) is 3.45. The van der Waals surface area contributed by atoms with Gasteiger partial charge in [0.15, 0.2) is 12.4 Å². The van der Waals surface area contributed by atoms with Crippen molar-refractivity contribution < 1.29 is 24.2 Å². The summed E-state index contributed by atoms with van der Waals surface area (Å²) in [4.78, 5) is 42.1. The van der Waals surface area contributed by atoms with Gasteiger partial charge in [0, 0.05) is 36.5 Å². The Hall–Kier alpha value is -3.07. The first-order valence-corrected chi connectivity index (χ1v) is 10.9. The first kappa shape index (κ1) is 23.6. The number of carboxylic acid groups (broad SMARTS) is 1. The highest BCUT2D eigenvalue weighted by atomic mass is 35.5. The van der Waals surface area contributed by atoms with Crippen LogP contribution in [0.2, 0.25) is 5.02 Å². The van der Waals surface area contributed by atoms with Crippen LogP contribution in [0.1, 0.15) is 42.7 Å². The molecule has 1 unspecified atom stereocenters. The SMILES string of the molecule is O=C(NC1CCCC12CCN(C(=O)COc1cccc(Cl)c1)CC2)c1ncc[nH]1.O=CO. The molecule has 1 atom stereocenters. The van der Waals surface area contributed by atoms with Crippen molar-refractivity contribution in [2.45, 2.75) is 38.1 Å². The van der Waals surface area contributed by atoms with E-state index in [1.165, 1.54) is 0 Å². The number of rotatable bonds is 5. The van der Waals surface area contributed by atoms with Crippen LogP contribution in [0.5, 0.6) is 5.75 Å². The first-order chi connectivity index (χ1) is 15.5. The Kier molecular flexibility index (Phi) is 8.10. The number of ether oxygens (including phenoxy) is 1. The second-order valence-electron chi connectivity index (χ2n) is 7.95. The molecule has 1 spiro atoms. The molecule has 32 heavy (non-hydrogen) atoms. The molecule has 2 fully saturated rings. The minimum absolute atomic E-state index is 0.00595. The van der Waals surface area contributed by atoms with Gasteiger partial charge in [-0.2, -0.15) is 0 Å². The lowest BCUT2D eigenvalue weighted by molar-refractivity contribution is -0.136. The van der Waals surface area contributed by atoms with Crippen molar-refractivity contribution in [3.8, 4) is 5.75 Å². The lowest BCUT2D eigenvalue weighted by Gasteiger charge is -2.43. The molecule has 1 aliphatic carbocycles. The van der Waals surface area contributed by atoms with E-state index < -0.39 is 0 Å². The number of carbonyl (C=O) groups excluding carboxylic acids is 2. The Morgan fingerprint density at radius 2 is 2.09 bits per heavy atom. The van der Waals surface area contributed by atoms with E-state index in [-0.39, 0.29) is 36.4 Å². The number of aromatic nitrogens is 2. The quantitative estimate of drug-likeness (QED) is 0.587. The number of H-pyrrole nitrogens is 1. The van der Waals surface area contributed by atoms with Gasteiger partial charge in [-0.05, 0) is 49.3 Å². The molecule has 1 aromatic carbocycles. The summed E-state index contributed by atoms with van der Waals surface area (Å²) in [7, 11) is 0. The summed E-state index contributed by atoms with van der Waals surface area (Å²) in [6, 6.07) is 7.17. The maximum atomic E-state index is 12.6. The van der Waals surface area contributed by atoms with E-state index in [2.05, 4.69) is 15.3 Å². The summed E-state index contributed by atoms with van der Waals surface area (Å²) in [6.45, 7) is 1.13. The number of aromatic amines is 1. The zero-order chi connectivity index (χ0) is 23.0. The fourth-order valence-corrected chi connectivity index (χ4v) is 4.75. The average molecular weight is 463 g/mol. The fraction of sp³-hybridized carbons (Fsp3) is 0.455. The Labute approximate surface area is 191 Å². The van der Waals surface area contributed by atoms with E-state index in [1.807, 2.05) is 4.90 Å². The fourth-order valence-electron chi connectivity index (χ4n) is 4.57. The third kappa shape index (κ3) is 5.79. The van der Waals surface area contributed by atoms with Crippen LogP contribution >= 0.6 is 11.6 Å². The normalized spacial score (nSPS) is 19.0. The smallest absolute Gasteiger partial charge is 0.290 e. The molecule has 2 amide bonds. The predicted molar refractivity (Wildman–Crippen MR) is 118 cm³/mol. The summed E-state index contributed by atoms with van der Waals surface area (Å²) >= 11 is 5.95. The highest BCUT2D eigenvalue weighted by Crippen LogP contribution is 2.46. The Balaban J connectivity index is 0.000000913. The first-order valence-electron chi connectivity index (χ1n) is 10.5. The third-order valence-electron chi connectivity index (χ3n) is 6.20. The molecular formula is C22H27ClN4O5.